The number of fused-ring (bicyclic) bond motifs is 1. The van der Waals surface area contributed by atoms with E-state index in [4.69, 9.17) is 0 Å². The summed E-state index contributed by atoms with van der Waals surface area (Å²) in [5.41, 5.74) is 0. The predicted molar refractivity (Wildman–Crippen MR) is 40.6 cm³/mol. The van der Waals surface area contributed by atoms with E-state index < -0.39 is 0 Å². The van der Waals surface area contributed by atoms with E-state index in [9.17, 15) is 0 Å². The highest BCUT2D eigenvalue weighted by molar-refractivity contribution is 8.01. The SMILES string of the molecule is C1=NC2CCNSC2=C1. The second-order valence-electron chi connectivity index (χ2n) is 2.17. The fourth-order valence-electron chi connectivity index (χ4n) is 1.05. The largest absolute Gasteiger partial charge is 0.284 e. The fourth-order valence-corrected chi connectivity index (χ4v) is 1.88. The second kappa shape index (κ2) is 2.15. The van der Waals surface area contributed by atoms with Gasteiger partial charge in [0.2, 0.25) is 0 Å². The van der Waals surface area contributed by atoms with E-state index in [1.54, 1.807) is 11.9 Å². The molecule has 0 aromatic carbocycles. The molecule has 0 aromatic rings. The van der Waals surface area contributed by atoms with Crippen LogP contribution in [0.25, 0.3) is 0 Å². The Balaban J connectivity index is 2.16. The highest BCUT2D eigenvalue weighted by Gasteiger charge is 2.19. The molecule has 9 heavy (non-hydrogen) atoms. The molecule has 0 spiro atoms. The Morgan fingerprint density at radius 2 is 2.78 bits per heavy atom. The molecule has 2 nitrogen and oxygen atoms in total. The van der Waals surface area contributed by atoms with E-state index in [0.717, 1.165) is 13.0 Å². The zero-order valence-electron chi connectivity index (χ0n) is 5.00. The third-order valence-corrected chi connectivity index (χ3v) is 2.54. The van der Waals surface area contributed by atoms with Gasteiger partial charge in [-0.1, -0.05) is 0 Å². The van der Waals surface area contributed by atoms with Gasteiger partial charge in [-0.05, 0) is 24.4 Å². The Labute approximate surface area is 58.6 Å². The molecular formula is C6H8N2S. The molecule has 0 amide bonds. The van der Waals surface area contributed by atoms with E-state index in [1.807, 2.05) is 6.21 Å². The predicted octanol–water partition coefficient (Wildman–Crippen LogP) is 0.965. The zero-order chi connectivity index (χ0) is 6.10. The van der Waals surface area contributed by atoms with Gasteiger partial charge < -0.3 is 0 Å². The molecule has 48 valence electrons. The van der Waals surface area contributed by atoms with Crippen LogP contribution in [0.3, 0.4) is 0 Å². The first-order valence-corrected chi connectivity index (χ1v) is 3.91. The molecular weight excluding hydrogens is 132 g/mol. The van der Waals surface area contributed by atoms with Crippen molar-refractivity contribution < 1.29 is 0 Å². The average Bonchev–Trinajstić information content (AvgIpc) is 2.33. The Bertz CT molecular complexity index is 174. The summed E-state index contributed by atoms with van der Waals surface area (Å²) in [6.07, 6.45) is 5.15. The molecule has 1 N–H and O–H groups in total. The Morgan fingerprint density at radius 3 is 3.67 bits per heavy atom. The highest BCUT2D eigenvalue weighted by atomic mass is 32.2. The summed E-state index contributed by atoms with van der Waals surface area (Å²) in [6.45, 7) is 1.09. The molecule has 3 heteroatoms. The molecule has 0 saturated carbocycles. The number of hydrogen-bond acceptors (Lipinski definition) is 3. The van der Waals surface area contributed by atoms with Crippen molar-refractivity contribution in [3.8, 4) is 0 Å². The smallest absolute Gasteiger partial charge is 0.0833 e. The van der Waals surface area contributed by atoms with Crippen molar-refractivity contribution in [2.75, 3.05) is 6.54 Å². The summed E-state index contributed by atoms with van der Waals surface area (Å²) < 4.78 is 3.22. The quantitative estimate of drug-likeness (QED) is 0.507. The molecule has 2 heterocycles. The fraction of sp³-hybridized carbons (Fsp3) is 0.500. The summed E-state index contributed by atoms with van der Waals surface area (Å²) in [6, 6.07) is 0.497. The number of allylic oxidation sites excluding steroid dienone is 1. The Hall–Kier alpha value is -0.280. The third-order valence-electron chi connectivity index (χ3n) is 1.54. The van der Waals surface area contributed by atoms with Gasteiger partial charge in [0.1, 0.15) is 0 Å². The molecule has 2 aliphatic rings. The molecule has 2 rings (SSSR count). The van der Waals surface area contributed by atoms with Crippen LogP contribution in [0.5, 0.6) is 0 Å². The number of nitrogens with zero attached hydrogens (tertiary/aromatic N) is 1. The first kappa shape index (κ1) is 5.50. The maximum Gasteiger partial charge on any atom is 0.0833 e. The van der Waals surface area contributed by atoms with Gasteiger partial charge in [0.05, 0.1) is 6.04 Å². The molecule has 1 atom stereocenters. The van der Waals surface area contributed by atoms with Crippen LogP contribution in [0.15, 0.2) is 16.0 Å². The van der Waals surface area contributed by atoms with Gasteiger partial charge in [0.25, 0.3) is 0 Å². The minimum Gasteiger partial charge on any atom is -0.284 e. The van der Waals surface area contributed by atoms with E-state index in [-0.39, 0.29) is 0 Å². The van der Waals surface area contributed by atoms with Gasteiger partial charge in [-0.15, -0.1) is 0 Å². The third kappa shape index (κ3) is 0.904. The molecule has 2 aliphatic heterocycles. The normalized spacial score (nSPS) is 32.0. The van der Waals surface area contributed by atoms with Crippen molar-refractivity contribution >= 4 is 18.2 Å². The van der Waals surface area contributed by atoms with Crippen LogP contribution in [0.4, 0.5) is 0 Å². The minimum absolute atomic E-state index is 0.497. The molecule has 0 radical (unpaired) electrons. The summed E-state index contributed by atoms with van der Waals surface area (Å²) in [4.78, 5) is 5.66. The van der Waals surface area contributed by atoms with Crippen LogP contribution in [0, 0.1) is 0 Å². The monoisotopic (exact) mass is 140 g/mol. The van der Waals surface area contributed by atoms with Crippen molar-refractivity contribution in [3.05, 3.63) is 11.0 Å². The first-order valence-electron chi connectivity index (χ1n) is 3.10. The molecule has 0 bridgehead atoms. The average molecular weight is 140 g/mol. The van der Waals surface area contributed by atoms with Gasteiger partial charge >= 0.3 is 0 Å². The summed E-state index contributed by atoms with van der Waals surface area (Å²) in [5.74, 6) is 0. The van der Waals surface area contributed by atoms with E-state index in [2.05, 4.69) is 15.8 Å². The van der Waals surface area contributed by atoms with Crippen LogP contribution in [0.2, 0.25) is 0 Å². The van der Waals surface area contributed by atoms with Crippen molar-refractivity contribution in [1.29, 1.82) is 0 Å². The summed E-state index contributed by atoms with van der Waals surface area (Å²) in [5, 5.41) is 0. The van der Waals surface area contributed by atoms with Crippen molar-refractivity contribution in [3.63, 3.8) is 0 Å². The van der Waals surface area contributed by atoms with E-state index >= 15 is 0 Å². The van der Waals surface area contributed by atoms with Crippen LogP contribution in [0.1, 0.15) is 6.42 Å². The topological polar surface area (TPSA) is 24.4 Å². The molecule has 0 aliphatic carbocycles. The maximum atomic E-state index is 4.28. The van der Waals surface area contributed by atoms with Gasteiger partial charge in [-0.2, -0.15) is 0 Å². The van der Waals surface area contributed by atoms with Crippen molar-refractivity contribution in [1.82, 2.24) is 4.72 Å². The number of hydrogen-bond donors (Lipinski definition) is 1. The molecule has 1 unspecified atom stereocenters. The van der Waals surface area contributed by atoms with Gasteiger partial charge in [0.15, 0.2) is 0 Å². The summed E-state index contributed by atoms with van der Waals surface area (Å²) >= 11 is 1.72. The number of aliphatic imine (C=N–C) groups is 1. The lowest BCUT2D eigenvalue weighted by molar-refractivity contribution is 0.697. The first-order chi connectivity index (χ1) is 4.47. The van der Waals surface area contributed by atoms with E-state index in [0.29, 0.717) is 6.04 Å². The van der Waals surface area contributed by atoms with Crippen LogP contribution >= 0.6 is 11.9 Å². The standard InChI is InChI=1S/C6H8N2S/c1-4-8-9-6-2-3-7-5(1)6/h2-3,5,8H,1,4H2. The maximum absolute atomic E-state index is 4.28. The zero-order valence-corrected chi connectivity index (χ0v) is 5.82. The van der Waals surface area contributed by atoms with Crippen molar-refractivity contribution in [2.45, 2.75) is 12.5 Å². The summed E-state index contributed by atoms with van der Waals surface area (Å²) in [7, 11) is 0. The Kier molecular flexibility index (Phi) is 1.32. The van der Waals surface area contributed by atoms with Gasteiger partial charge in [-0.3, -0.25) is 9.71 Å². The van der Waals surface area contributed by atoms with Gasteiger partial charge in [0, 0.05) is 17.7 Å². The minimum atomic E-state index is 0.497. The Morgan fingerprint density at radius 1 is 1.78 bits per heavy atom. The second-order valence-corrected chi connectivity index (χ2v) is 3.13. The van der Waals surface area contributed by atoms with Crippen LogP contribution in [-0.4, -0.2) is 18.8 Å². The van der Waals surface area contributed by atoms with E-state index in [1.165, 1.54) is 4.91 Å². The highest BCUT2D eigenvalue weighted by Crippen LogP contribution is 2.27. The lowest BCUT2D eigenvalue weighted by Crippen LogP contribution is -2.21. The lowest BCUT2D eigenvalue weighted by atomic mass is 10.2. The number of nitrogens with one attached hydrogen (secondary N) is 1. The molecule has 0 aromatic heterocycles. The molecule has 1 saturated heterocycles. The van der Waals surface area contributed by atoms with Crippen LogP contribution < -0.4 is 4.72 Å². The van der Waals surface area contributed by atoms with Gasteiger partial charge in [-0.25, -0.2) is 0 Å². The molecule has 1 fully saturated rings. The van der Waals surface area contributed by atoms with Crippen LogP contribution in [-0.2, 0) is 0 Å². The lowest BCUT2D eigenvalue weighted by Gasteiger charge is -2.17. The number of rotatable bonds is 0. The van der Waals surface area contributed by atoms with Crippen molar-refractivity contribution in [2.24, 2.45) is 4.99 Å².